The number of hydrogen-bond acceptors (Lipinski definition) is 2. The summed E-state index contributed by atoms with van der Waals surface area (Å²) in [7, 11) is 0. The predicted octanol–water partition coefficient (Wildman–Crippen LogP) is 23.4. The van der Waals surface area contributed by atoms with Gasteiger partial charge in [0, 0.05) is 81.7 Å². The van der Waals surface area contributed by atoms with Crippen LogP contribution in [0.25, 0.3) is 138 Å². The lowest BCUT2D eigenvalue weighted by atomic mass is 9.34. The third-order valence-corrected chi connectivity index (χ3v) is 21.8. The van der Waals surface area contributed by atoms with Crippen LogP contribution in [0, 0.1) is 0 Å². The van der Waals surface area contributed by atoms with Crippen LogP contribution >= 0.6 is 11.8 Å². The molecule has 0 amide bonds. The molecule has 20 rings (SSSR count). The molecule has 0 radical (unpaired) electrons. The predicted molar refractivity (Wildman–Crippen MR) is 425 cm³/mol. The van der Waals surface area contributed by atoms with E-state index in [2.05, 4.69) is 326 Å². The second kappa shape index (κ2) is 22.8. The normalized spacial score (nSPS) is 13.8. The van der Waals surface area contributed by atoms with Gasteiger partial charge in [-0.05, 0) is 169 Å². The van der Waals surface area contributed by atoms with Crippen LogP contribution < -0.4 is 21.3 Å². The monoisotopic (exact) mass is 1300 g/mol. The van der Waals surface area contributed by atoms with Crippen molar-refractivity contribution >= 4 is 117 Å². The summed E-state index contributed by atoms with van der Waals surface area (Å²) in [6, 6.07) is 101. The van der Waals surface area contributed by atoms with Crippen molar-refractivity contribution in [2.24, 2.45) is 0 Å². The van der Waals surface area contributed by atoms with Crippen molar-refractivity contribution in [3.05, 3.63) is 345 Å². The smallest absolute Gasteiger partial charge is 0.249 e. The van der Waals surface area contributed by atoms with Gasteiger partial charge in [0.05, 0.1) is 49.8 Å². The van der Waals surface area contributed by atoms with E-state index in [1.54, 1.807) is 16.3 Å². The first-order chi connectivity index (χ1) is 52.6. The van der Waals surface area contributed by atoms with Gasteiger partial charge in [-0.25, -0.2) is 0 Å². The summed E-state index contributed by atoms with van der Waals surface area (Å²) in [5.74, 6) is 0. The number of anilines is 3. The molecule has 6 heteroatoms. The van der Waals surface area contributed by atoms with E-state index in [9.17, 15) is 8.22 Å². The minimum Gasteiger partial charge on any atom is -0.310 e. The first-order valence-electron chi connectivity index (χ1n) is 38.1. The quantitative estimate of drug-likeness (QED) is 0.134. The molecule has 100 heavy (non-hydrogen) atoms. The number of rotatable bonds is 9. The Morgan fingerprint density at radius 1 is 0.330 bits per heavy atom. The lowest BCUT2D eigenvalue weighted by Gasteiger charge is -2.42. The number of hydrogen-bond donors (Lipinski definition) is 0. The third-order valence-electron chi connectivity index (χ3n) is 20.6. The molecule has 0 unspecified atom stereocenters. The molecule has 0 bridgehead atoms. The lowest BCUT2D eigenvalue weighted by molar-refractivity contribution is 0.591. The number of fused-ring (bicyclic) bond motifs is 14. The molecule has 4 nitrogen and oxygen atoms in total. The Morgan fingerprint density at radius 3 is 1.43 bits per heavy atom. The SMILES string of the molecule is [2H]c1c([2H])c([2H])c2c(c1[2H])c1c([2H])c([2H])c([2H])c([2H])c1n2-c1cc2c3c(c1)N(c1c(-c4ccccc4)cc(C(C)(C)C)cc1-c1ccccc1)c1cc(-c4ccc5c(c4)c4ccccc4n5-c4ccccc4)ccc1B3c1ccc3c(c1S2)c1ccccc1n3-c1cc(-c2ccccc2)cc(-c2ccccc2)c1. The van der Waals surface area contributed by atoms with Crippen LogP contribution in [-0.4, -0.2) is 20.4 Å². The molecule has 0 spiro atoms. The second-order valence-corrected chi connectivity index (χ2v) is 28.4. The maximum Gasteiger partial charge on any atom is 0.249 e. The zero-order valence-electron chi connectivity index (χ0n) is 63.0. The number of para-hydroxylation sites is 5. The topological polar surface area (TPSA) is 18.0 Å². The number of benzene rings is 15. The average molecular weight is 1300 g/mol. The molecule has 0 N–H and O–H groups in total. The van der Waals surface area contributed by atoms with Gasteiger partial charge in [-0.3, -0.25) is 0 Å². The van der Waals surface area contributed by atoms with Crippen molar-refractivity contribution in [2.75, 3.05) is 4.90 Å². The maximum atomic E-state index is 9.97. The maximum absolute atomic E-state index is 9.97. The van der Waals surface area contributed by atoms with E-state index in [4.69, 9.17) is 2.74 Å². The Balaban J connectivity index is 0.938. The van der Waals surface area contributed by atoms with E-state index in [0.29, 0.717) is 5.69 Å². The first kappa shape index (κ1) is 50.3. The molecule has 0 saturated carbocycles. The van der Waals surface area contributed by atoms with E-state index in [0.717, 1.165) is 159 Å². The van der Waals surface area contributed by atoms with Crippen molar-refractivity contribution in [3.8, 4) is 72.7 Å². The van der Waals surface area contributed by atoms with Crippen molar-refractivity contribution in [1.82, 2.24) is 13.7 Å². The highest BCUT2D eigenvalue weighted by atomic mass is 32.2. The van der Waals surface area contributed by atoms with Crippen LogP contribution in [0.3, 0.4) is 0 Å². The van der Waals surface area contributed by atoms with E-state index >= 15 is 0 Å². The van der Waals surface area contributed by atoms with Gasteiger partial charge in [0.2, 0.25) is 6.71 Å². The average Bonchev–Trinajstić information content (AvgIpc) is 1.25. The molecule has 2 aliphatic heterocycles. The molecule has 5 heterocycles. The summed E-state index contributed by atoms with van der Waals surface area (Å²) in [4.78, 5) is 4.37. The zero-order valence-corrected chi connectivity index (χ0v) is 55.8. The van der Waals surface area contributed by atoms with Gasteiger partial charge in [0.1, 0.15) is 0 Å². The second-order valence-electron chi connectivity index (χ2n) is 27.4. The molecule has 0 atom stereocenters. The van der Waals surface area contributed by atoms with Crippen molar-refractivity contribution in [3.63, 3.8) is 0 Å². The summed E-state index contributed by atoms with van der Waals surface area (Å²) >= 11 is 1.67. The van der Waals surface area contributed by atoms with Crippen LogP contribution in [0.2, 0.25) is 0 Å². The molecular formula is C94H65BN4S. The molecule has 3 aromatic heterocycles. The van der Waals surface area contributed by atoms with Gasteiger partial charge < -0.3 is 18.6 Å². The van der Waals surface area contributed by atoms with Gasteiger partial charge in [0.25, 0.3) is 0 Å². The standard InChI is InChI=1S/C94H65BN4S/c1-94(2,3)68-56-76(62-31-13-6-14-32-62)92(77(57-68)63-33-15-7-16-34-63)99-87-55-65(64-46-49-85-78(54-64)74-39-21-25-43-83(74)96(85)69-35-17-8-18-36-69)45-47-79(87)95-80-48-50-86-90(93(80)100-89-59-71(58-88(99)91(89)95)97-81-41-23-19-37-72(81)73-38-20-24-42-82(73)97)75-40-22-26-44-84(75)98(86)70-52-66(60-27-9-4-10-28-60)51-67(53-70)61-29-11-5-12-30-61/h4-59H,1-3H3/i19D,20D,23D,24D,37D,38D,41D,42D. The molecule has 0 saturated heterocycles. The minimum absolute atomic E-state index is 0.0118. The van der Waals surface area contributed by atoms with Gasteiger partial charge in [-0.1, -0.05) is 274 Å². The largest absolute Gasteiger partial charge is 0.310 e. The molecular weight excluding hydrogens is 1230 g/mol. The molecule has 470 valence electrons. The van der Waals surface area contributed by atoms with Gasteiger partial charge in [-0.15, -0.1) is 0 Å². The summed E-state index contributed by atoms with van der Waals surface area (Å²) in [6.07, 6.45) is 0. The van der Waals surface area contributed by atoms with Gasteiger partial charge in [-0.2, -0.15) is 0 Å². The highest BCUT2D eigenvalue weighted by Gasteiger charge is 2.44. The number of aromatic nitrogens is 3. The Morgan fingerprint density at radius 2 is 0.810 bits per heavy atom. The van der Waals surface area contributed by atoms with Gasteiger partial charge in [0.15, 0.2) is 0 Å². The Hall–Kier alpha value is -12.1. The van der Waals surface area contributed by atoms with Crippen LogP contribution in [0.1, 0.15) is 37.3 Å². The number of nitrogens with zero attached hydrogens (tertiary/aromatic N) is 4. The zero-order chi connectivity index (χ0) is 73.3. The van der Waals surface area contributed by atoms with Crippen molar-refractivity contribution < 1.29 is 11.0 Å². The fourth-order valence-corrected chi connectivity index (χ4v) is 17.4. The molecule has 0 fully saturated rings. The minimum atomic E-state index is -0.499. The molecule has 15 aromatic carbocycles. The molecule has 18 aromatic rings. The highest BCUT2D eigenvalue weighted by molar-refractivity contribution is 8.00. The lowest BCUT2D eigenvalue weighted by Crippen LogP contribution is -2.60. The fraction of sp³-hybridized carbons (Fsp3) is 0.0426. The van der Waals surface area contributed by atoms with E-state index in [1.165, 1.54) is 0 Å². The summed E-state index contributed by atoms with van der Waals surface area (Å²) in [5.41, 5.74) is 23.8. The van der Waals surface area contributed by atoms with Crippen LogP contribution in [0.15, 0.2) is 349 Å². The van der Waals surface area contributed by atoms with Crippen LogP contribution in [0.4, 0.5) is 17.1 Å². The molecule has 0 aliphatic carbocycles. The van der Waals surface area contributed by atoms with Crippen molar-refractivity contribution in [2.45, 2.75) is 36.0 Å². The first-order valence-corrected chi connectivity index (χ1v) is 34.9. The van der Waals surface area contributed by atoms with Crippen LogP contribution in [0.5, 0.6) is 0 Å². The Labute approximate surface area is 597 Å². The van der Waals surface area contributed by atoms with E-state index in [-0.39, 0.29) is 39.3 Å². The summed E-state index contributed by atoms with van der Waals surface area (Å²) < 4.78 is 82.8. The van der Waals surface area contributed by atoms with E-state index in [1.807, 2.05) is 0 Å². The summed E-state index contributed by atoms with van der Waals surface area (Å²) in [6.45, 7) is 6.35. The van der Waals surface area contributed by atoms with Gasteiger partial charge >= 0.3 is 0 Å². The van der Waals surface area contributed by atoms with Crippen LogP contribution in [-0.2, 0) is 5.41 Å². The third kappa shape index (κ3) is 9.10. The van der Waals surface area contributed by atoms with E-state index < -0.39 is 43.0 Å². The van der Waals surface area contributed by atoms with Crippen molar-refractivity contribution in [1.29, 1.82) is 0 Å². The summed E-state index contributed by atoms with van der Waals surface area (Å²) in [5, 5.41) is 4.40. The fourth-order valence-electron chi connectivity index (χ4n) is 16.1. The molecule has 2 aliphatic rings. The highest BCUT2D eigenvalue weighted by Crippen LogP contribution is 2.53. The Bertz CT molecular complexity index is 6660. The Kier molecular flexibility index (Phi) is 11.4.